The molecule has 1 saturated carbocycles. The summed E-state index contributed by atoms with van der Waals surface area (Å²) in [5, 5.41) is 0. The number of rotatable bonds is 2. The van der Waals surface area contributed by atoms with Gasteiger partial charge in [0, 0.05) is 12.1 Å². The van der Waals surface area contributed by atoms with Crippen molar-refractivity contribution < 1.29 is 4.79 Å². The summed E-state index contributed by atoms with van der Waals surface area (Å²) in [6.45, 7) is 2.33. The lowest BCUT2D eigenvalue weighted by atomic mass is 9.86. The van der Waals surface area contributed by atoms with Crippen molar-refractivity contribution in [2.75, 3.05) is 27.2 Å². The Balaban J connectivity index is 1.74. The van der Waals surface area contributed by atoms with Crippen LogP contribution in [0.1, 0.15) is 44.9 Å². The van der Waals surface area contributed by atoms with Gasteiger partial charge in [-0.2, -0.15) is 0 Å². The zero-order chi connectivity index (χ0) is 14.8. The zero-order valence-electron chi connectivity index (χ0n) is 13.5. The lowest BCUT2D eigenvalue weighted by molar-refractivity contribution is -0.113. The predicted molar refractivity (Wildman–Crippen MR) is 86.3 cm³/mol. The fraction of sp³-hybridized carbons (Fsp3) is 0.722. The number of allylic oxidation sites excluding steroid dienone is 2. The minimum atomic E-state index is 0.335. The molecule has 0 radical (unpaired) electrons. The first-order valence-electron chi connectivity index (χ1n) is 8.52. The van der Waals surface area contributed by atoms with E-state index in [1.807, 2.05) is 0 Å². The van der Waals surface area contributed by atoms with E-state index in [-0.39, 0.29) is 0 Å². The fourth-order valence-corrected chi connectivity index (χ4v) is 3.98. The lowest BCUT2D eigenvalue weighted by Gasteiger charge is -2.23. The van der Waals surface area contributed by atoms with Crippen molar-refractivity contribution in [2.24, 2.45) is 0 Å². The summed E-state index contributed by atoms with van der Waals surface area (Å²) in [5.74, 6) is 0.335. The van der Waals surface area contributed by atoms with Gasteiger partial charge in [0.05, 0.1) is 0 Å². The van der Waals surface area contributed by atoms with Gasteiger partial charge in [0.2, 0.25) is 0 Å². The van der Waals surface area contributed by atoms with Gasteiger partial charge in [-0.05, 0) is 83.3 Å². The first kappa shape index (κ1) is 15.0. The van der Waals surface area contributed by atoms with Gasteiger partial charge in [0.1, 0.15) is 0 Å². The van der Waals surface area contributed by atoms with Crippen LogP contribution in [0, 0.1) is 0 Å². The second-order valence-electron chi connectivity index (χ2n) is 6.95. The molecule has 0 bridgehead atoms. The number of hydrogen-bond donors (Lipinski definition) is 0. The molecule has 0 aromatic heterocycles. The highest BCUT2D eigenvalue weighted by atomic mass is 16.1. The van der Waals surface area contributed by atoms with Crippen LogP contribution in [0.3, 0.4) is 0 Å². The van der Waals surface area contributed by atoms with Gasteiger partial charge in [0.25, 0.3) is 0 Å². The predicted octanol–water partition coefficient (Wildman–Crippen LogP) is 2.78. The van der Waals surface area contributed by atoms with Crippen LogP contribution in [0.5, 0.6) is 0 Å². The molecular weight excluding hydrogens is 260 g/mol. The highest BCUT2D eigenvalue weighted by Gasteiger charge is 2.27. The topological polar surface area (TPSA) is 23.6 Å². The normalized spacial score (nSPS) is 36.2. The van der Waals surface area contributed by atoms with E-state index in [1.54, 1.807) is 0 Å². The Labute approximate surface area is 128 Å². The molecule has 0 spiro atoms. The highest BCUT2D eigenvalue weighted by molar-refractivity contribution is 6.09. The van der Waals surface area contributed by atoms with Gasteiger partial charge >= 0.3 is 0 Å². The second kappa shape index (κ2) is 6.45. The number of carbonyl (C=O) groups is 1. The van der Waals surface area contributed by atoms with E-state index >= 15 is 0 Å². The molecule has 0 N–H and O–H groups in total. The second-order valence-corrected chi connectivity index (χ2v) is 6.95. The molecule has 0 aromatic rings. The molecule has 3 nitrogen and oxygen atoms in total. The maximum Gasteiger partial charge on any atom is 0.184 e. The van der Waals surface area contributed by atoms with Gasteiger partial charge in [-0.3, -0.25) is 14.6 Å². The standard InChI is InChI=1S/C18H28N2O/c1-19-10-4-8-16(19)12-14-6-3-7-15(18(14)21)13-17-9-5-11-20(17)2/h12-13,16-17H,3-11H2,1-2H3/b14-12+,15-13+/t16-,17+. The van der Waals surface area contributed by atoms with Crippen molar-refractivity contribution in [3.8, 4) is 0 Å². The fourth-order valence-electron chi connectivity index (χ4n) is 3.98. The van der Waals surface area contributed by atoms with Gasteiger partial charge in [-0.25, -0.2) is 0 Å². The Kier molecular flexibility index (Phi) is 4.60. The van der Waals surface area contributed by atoms with Crippen LogP contribution in [-0.4, -0.2) is 54.9 Å². The van der Waals surface area contributed by atoms with Crippen molar-refractivity contribution in [1.82, 2.24) is 9.80 Å². The molecule has 21 heavy (non-hydrogen) atoms. The molecule has 2 aliphatic heterocycles. The van der Waals surface area contributed by atoms with E-state index in [9.17, 15) is 4.79 Å². The van der Waals surface area contributed by atoms with Crippen LogP contribution in [0.2, 0.25) is 0 Å². The maximum atomic E-state index is 12.7. The molecule has 2 atom stereocenters. The number of nitrogens with zero attached hydrogens (tertiary/aromatic N) is 2. The third-order valence-electron chi connectivity index (χ3n) is 5.42. The number of Topliss-reactive ketones (excluding diaryl/α,β-unsaturated/α-hetero) is 1. The van der Waals surface area contributed by atoms with E-state index < -0.39 is 0 Å². The van der Waals surface area contributed by atoms with E-state index in [0.717, 1.165) is 43.5 Å². The van der Waals surface area contributed by atoms with E-state index in [0.29, 0.717) is 17.9 Å². The van der Waals surface area contributed by atoms with Crippen molar-refractivity contribution in [3.63, 3.8) is 0 Å². The van der Waals surface area contributed by atoms with Crippen molar-refractivity contribution >= 4 is 5.78 Å². The molecule has 0 unspecified atom stereocenters. The summed E-state index contributed by atoms with van der Waals surface area (Å²) in [6.07, 6.45) is 12.5. The number of carbonyl (C=O) groups excluding carboxylic acids is 1. The van der Waals surface area contributed by atoms with Crippen molar-refractivity contribution in [2.45, 2.75) is 57.0 Å². The quantitative estimate of drug-likeness (QED) is 0.730. The van der Waals surface area contributed by atoms with E-state index in [1.165, 1.54) is 25.7 Å². The number of ketones is 1. The van der Waals surface area contributed by atoms with Crippen LogP contribution in [0.15, 0.2) is 23.3 Å². The number of likely N-dealkylation sites (tertiary alicyclic amines) is 2. The largest absolute Gasteiger partial charge is 0.300 e. The van der Waals surface area contributed by atoms with Crippen LogP contribution >= 0.6 is 0 Å². The molecule has 3 rings (SSSR count). The summed E-state index contributed by atoms with van der Waals surface area (Å²) in [4.78, 5) is 17.5. The molecule has 1 aliphatic carbocycles. The van der Waals surface area contributed by atoms with E-state index in [2.05, 4.69) is 36.0 Å². The monoisotopic (exact) mass is 288 g/mol. The van der Waals surface area contributed by atoms with Gasteiger partial charge in [0.15, 0.2) is 5.78 Å². The number of hydrogen-bond acceptors (Lipinski definition) is 3. The summed E-state index contributed by atoms with van der Waals surface area (Å²) in [7, 11) is 4.35. The highest BCUT2D eigenvalue weighted by Crippen LogP contribution is 2.29. The SMILES string of the molecule is CN1CCC[C@H]1/C=C1\CCC/C(=C\[C@H]2CCCN2C)C1=O. The summed E-state index contributed by atoms with van der Waals surface area (Å²) < 4.78 is 0. The third kappa shape index (κ3) is 3.29. The third-order valence-corrected chi connectivity index (χ3v) is 5.42. The molecule has 2 saturated heterocycles. The molecule has 3 fully saturated rings. The minimum absolute atomic E-state index is 0.335. The van der Waals surface area contributed by atoms with Crippen LogP contribution in [0.25, 0.3) is 0 Å². The molecule has 2 heterocycles. The molecular formula is C18H28N2O. The van der Waals surface area contributed by atoms with Gasteiger partial charge in [-0.1, -0.05) is 12.2 Å². The van der Waals surface area contributed by atoms with Crippen LogP contribution in [-0.2, 0) is 4.79 Å². The van der Waals surface area contributed by atoms with Gasteiger partial charge < -0.3 is 0 Å². The Hall–Kier alpha value is -0.930. The smallest absolute Gasteiger partial charge is 0.184 e. The molecule has 3 heteroatoms. The summed E-state index contributed by atoms with van der Waals surface area (Å²) in [6, 6.07) is 0.968. The molecule has 3 aliphatic rings. The molecule has 116 valence electrons. The first-order chi connectivity index (χ1) is 10.1. The lowest BCUT2D eigenvalue weighted by Crippen LogP contribution is -2.26. The molecule has 0 amide bonds. The maximum absolute atomic E-state index is 12.7. The number of likely N-dealkylation sites (N-methyl/N-ethyl adjacent to an activating group) is 2. The van der Waals surface area contributed by atoms with Crippen LogP contribution < -0.4 is 0 Å². The van der Waals surface area contributed by atoms with Crippen LogP contribution in [0.4, 0.5) is 0 Å². The molecule has 0 aromatic carbocycles. The van der Waals surface area contributed by atoms with Crippen molar-refractivity contribution in [1.29, 1.82) is 0 Å². The average molecular weight is 288 g/mol. The Bertz CT molecular complexity index is 426. The van der Waals surface area contributed by atoms with E-state index in [4.69, 9.17) is 0 Å². The Morgan fingerprint density at radius 3 is 1.71 bits per heavy atom. The Morgan fingerprint density at radius 1 is 0.857 bits per heavy atom. The first-order valence-corrected chi connectivity index (χ1v) is 8.52. The summed E-state index contributed by atoms with van der Waals surface area (Å²) in [5.41, 5.74) is 2.15. The summed E-state index contributed by atoms with van der Waals surface area (Å²) >= 11 is 0. The zero-order valence-corrected chi connectivity index (χ0v) is 13.5. The average Bonchev–Trinajstić information content (AvgIpc) is 3.04. The minimum Gasteiger partial charge on any atom is -0.300 e. The Morgan fingerprint density at radius 2 is 1.33 bits per heavy atom. The van der Waals surface area contributed by atoms with Crippen molar-refractivity contribution in [3.05, 3.63) is 23.3 Å². The van der Waals surface area contributed by atoms with Gasteiger partial charge in [-0.15, -0.1) is 0 Å².